The summed E-state index contributed by atoms with van der Waals surface area (Å²) < 4.78 is 0. The van der Waals surface area contributed by atoms with Gasteiger partial charge in [-0.05, 0) is 49.6 Å². The molecule has 0 unspecified atom stereocenters. The van der Waals surface area contributed by atoms with Gasteiger partial charge >= 0.3 is 5.97 Å². The lowest BCUT2D eigenvalue weighted by atomic mass is 10.0. The number of hydrogen-bond donors (Lipinski definition) is 2. The summed E-state index contributed by atoms with van der Waals surface area (Å²) in [6.45, 7) is 0.255. The molecule has 0 saturated carbocycles. The third kappa shape index (κ3) is 5.94. The number of aryl methyl sites for hydroxylation is 1. The smallest absolute Gasteiger partial charge is 0.303 e. The Bertz CT molecular complexity index is 1330. The second-order valence-electron chi connectivity index (χ2n) is 7.84. The molecule has 4 rings (SSSR count). The first-order valence-electron chi connectivity index (χ1n) is 11.0. The lowest BCUT2D eigenvalue weighted by molar-refractivity contribution is -0.137. The van der Waals surface area contributed by atoms with E-state index in [1.54, 1.807) is 36.5 Å². The van der Waals surface area contributed by atoms with E-state index in [1.165, 1.54) is 0 Å². The number of aromatic nitrogens is 3. The van der Waals surface area contributed by atoms with Gasteiger partial charge in [0.25, 0.3) is 5.91 Å². The molecular formula is C26H23ClN4O3. The molecule has 0 aliphatic carbocycles. The molecule has 0 radical (unpaired) electrons. The van der Waals surface area contributed by atoms with E-state index in [0.717, 1.165) is 17.0 Å². The van der Waals surface area contributed by atoms with Crippen molar-refractivity contribution in [2.24, 2.45) is 0 Å². The van der Waals surface area contributed by atoms with Crippen LogP contribution in [0.25, 0.3) is 22.3 Å². The zero-order valence-corrected chi connectivity index (χ0v) is 19.1. The van der Waals surface area contributed by atoms with E-state index in [2.05, 4.69) is 10.3 Å². The summed E-state index contributed by atoms with van der Waals surface area (Å²) in [6.07, 6.45) is 3.55. The molecule has 8 heteroatoms. The van der Waals surface area contributed by atoms with Gasteiger partial charge in [0.1, 0.15) is 0 Å². The number of carboxylic acids is 1. The lowest BCUT2D eigenvalue weighted by Gasteiger charge is -2.11. The summed E-state index contributed by atoms with van der Waals surface area (Å²) in [6, 6.07) is 18.4. The van der Waals surface area contributed by atoms with Crippen LogP contribution in [-0.4, -0.2) is 31.9 Å². The number of unbranched alkanes of at least 4 members (excludes halogenated alkanes) is 1. The highest BCUT2D eigenvalue weighted by Gasteiger charge is 2.14. The number of benzene rings is 2. The van der Waals surface area contributed by atoms with Crippen LogP contribution in [0.5, 0.6) is 0 Å². The molecular weight excluding hydrogens is 452 g/mol. The lowest BCUT2D eigenvalue weighted by Crippen LogP contribution is -2.23. The van der Waals surface area contributed by atoms with Crippen molar-refractivity contribution in [3.63, 3.8) is 0 Å². The highest BCUT2D eigenvalue weighted by molar-refractivity contribution is 6.30. The predicted octanol–water partition coefficient (Wildman–Crippen LogP) is 5.07. The number of amides is 1. The van der Waals surface area contributed by atoms with Crippen molar-refractivity contribution in [3.8, 4) is 11.3 Å². The normalized spacial score (nSPS) is 10.9. The second-order valence-corrected chi connectivity index (χ2v) is 8.27. The summed E-state index contributed by atoms with van der Waals surface area (Å²) in [5.74, 6) is -1.06. The Morgan fingerprint density at radius 2 is 1.76 bits per heavy atom. The van der Waals surface area contributed by atoms with E-state index < -0.39 is 5.97 Å². The zero-order valence-electron chi connectivity index (χ0n) is 18.4. The van der Waals surface area contributed by atoms with Gasteiger partial charge in [-0.1, -0.05) is 41.9 Å². The highest BCUT2D eigenvalue weighted by atomic mass is 35.5. The number of carboxylic acid groups (broad SMARTS) is 1. The second kappa shape index (κ2) is 10.9. The van der Waals surface area contributed by atoms with Crippen molar-refractivity contribution in [1.82, 2.24) is 20.3 Å². The van der Waals surface area contributed by atoms with E-state index in [9.17, 15) is 9.59 Å². The number of nitrogens with one attached hydrogen (secondary N) is 1. The maximum absolute atomic E-state index is 12.7. The third-order valence-corrected chi connectivity index (χ3v) is 5.54. The molecule has 0 fully saturated rings. The number of carbonyl (C=O) groups excluding carboxylic acids is 1. The Morgan fingerprint density at radius 3 is 2.53 bits per heavy atom. The van der Waals surface area contributed by atoms with Crippen molar-refractivity contribution in [2.45, 2.75) is 32.2 Å². The monoisotopic (exact) mass is 474 g/mol. The summed E-state index contributed by atoms with van der Waals surface area (Å²) in [5.41, 5.74) is 4.92. The summed E-state index contributed by atoms with van der Waals surface area (Å²) >= 11 is 5.98. The number of rotatable bonds is 9. The molecule has 2 N–H and O–H groups in total. The highest BCUT2D eigenvalue weighted by Crippen LogP contribution is 2.25. The molecule has 2 heterocycles. The molecule has 7 nitrogen and oxygen atoms in total. The number of aliphatic carboxylic acids is 1. The Kier molecular flexibility index (Phi) is 7.44. The Labute approximate surface area is 201 Å². The molecule has 34 heavy (non-hydrogen) atoms. The largest absolute Gasteiger partial charge is 0.481 e. The molecule has 4 aromatic rings. The summed E-state index contributed by atoms with van der Waals surface area (Å²) in [7, 11) is 0. The van der Waals surface area contributed by atoms with Gasteiger partial charge in [-0.15, -0.1) is 0 Å². The Balaban J connectivity index is 1.59. The quantitative estimate of drug-likeness (QED) is 0.328. The van der Waals surface area contributed by atoms with Crippen molar-refractivity contribution < 1.29 is 14.7 Å². The number of pyridine rings is 1. The average molecular weight is 475 g/mol. The van der Waals surface area contributed by atoms with E-state index in [4.69, 9.17) is 26.7 Å². The number of carbonyl (C=O) groups is 2. The molecule has 0 spiro atoms. The number of hydrogen-bond acceptors (Lipinski definition) is 5. The third-order valence-electron chi connectivity index (χ3n) is 5.31. The van der Waals surface area contributed by atoms with Crippen LogP contribution in [-0.2, 0) is 17.8 Å². The van der Waals surface area contributed by atoms with Crippen LogP contribution >= 0.6 is 11.6 Å². The molecule has 0 saturated heterocycles. The number of fused-ring (bicyclic) bond motifs is 1. The van der Waals surface area contributed by atoms with Crippen LogP contribution in [0, 0.1) is 0 Å². The van der Waals surface area contributed by atoms with Gasteiger partial charge in [-0.2, -0.15) is 0 Å². The fourth-order valence-corrected chi connectivity index (χ4v) is 3.80. The van der Waals surface area contributed by atoms with E-state index in [1.807, 2.05) is 30.3 Å². The minimum absolute atomic E-state index is 0.119. The van der Waals surface area contributed by atoms with Crippen molar-refractivity contribution >= 4 is 34.5 Å². The van der Waals surface area contributed by atoms with Crippen molar-refractivity contribution in [1.29, 1.82) is 0 Å². The molecule has 2 aromatic heterocycles. The summed E-state index contributed by atoms with van der Waals surface area (Å²) in [4.78, 5) is 37.4. The van der Waals surface area contributed by atoms with Gasteiger partial charge in [0.15, 0.2) is 0 Å². The van der Waals surface area contributed by atoms with Gasteiger partial charge < -0.3 is 10.4 Å². The number of halogens is 1. The fourth-order valence-electron chi connectivity index (χ4n) is 3.62. The minimum atomic E-state index is -0.809. The van der Waals surface area contributed by atoms with Gasteiger partial charge in [0.05, 0.1) is 34.7 Å². The molecule has 2 aromatic carbocycles. The number of nitrogens with zero attached hydrogens (tertiary/aromatic N) is 3. The maximum Gasteiger partial charge on any atom is 0.303 e. The standard InChI is InChI=1S/C26H23ClN4O3/c27-19-12-13-28-20(15-19)16-29-26(34)18-10-11-21-23(14-18)30-22(8-4-5-9-24(32)33)25(31-21)17-6-2-1-3-7-17/h1-3,6-7,10-15H,4-5,8-9,16H2,(H,29,34)(H,32,33). The first-order chi connectivity index (χ1) is 16.5. The minimum Gasteiger partial charge on any atom is -0.481 e. The van der Waals surface area contributed by atoms with Gasteiger partial charge in [-0.3, -0.25) is 14.6 Å². The van der Waals surface area contributed by atoms with Crippen LogP contribution < -0.4 is 5.32 Å². The topological polar surface area (TPSA) is 105 Å². The Hall–Kier alpha value is -3.84. The molecule has 0 aliphatic rings. The molecule has 172 valence electrons. The van der Waals surface area contributed by atoms with Gasteiger partial charge in [0.2, 0.25) is 0 Å². The van der Waals surface area contributed by atoms with Crippen LogP contribution in [0.1, 0.15) is 41.0 Å². The van der Waals surface area contributed by atoms with E-state index >= 15 is 0 Å². The van der Waals surface area contributed by atoms with Crippen LogP contribution in [0.2, 0.25) is 5.02 Å². The van der Waals surface area contributed by atoms with Crippen LogP contribution in [0.15, 0.2) is 66.9 Å². The molecule has 0 atom stereocenters. The predicted molar refractivity (Wildman–Crippen MR) is 131 cm³/mol. The average Bonchev–Trinajstić information content (AvgIpc) is 2.85. The van der Waals surface area contributed by atoms with E-state index in [0.29, 0.717) is 46.6 Å². The zero-order chi connectivity index (χ0) is 23.9. The van der Waals surface area contributed by atoms with E-state index in [-0.39, 0.29) is 18.9 Å². The Morgan fingerprint density at radius 1 is 0.941 bits per heavy atom. The van der Waals surface area contributed by atoms with Gasteiger partial charge in [-0.25, -0.2) is 9.97 Å². The van der Waals surface area contributed by atoms with Crippen LogP contribution in [0.3, 0.4) is 0 Å². The fraction of sp³-hybridized carbons (Fsp3) is 0.192. The van der Waals surface area contributed by atoms with Gasteiger partial charge in [0, 0.05) is 28.8 Å². The van der Waals surface area contributed by atoms with Crippen molar-refractivity contribution in [3.05, 3.63) is 88.8 Å². The maximum atomic E-state index is 12.7. The first-order valence-corrected chi connectivity index (χ1v) is 11.3. The van der Waals surface area contributed by atoms with Crippen LogP contribution in [0.4, 0.5) is 0 Å². The molecule has 0 bridgehead atoms. The molecule has 0 aliphatic heterocycles. The summed E-state index contributed by atoms with van der Waals surface area (Å²) in [5, 5.41) is 12.3. The SMILES string of the molecule is O=C(O)CCCCc1nc2cc(C(=O)NCc3cc(Cl)ccn3)ccc2nc1-c1ccccc1. The first kappa shape index (κ1) is 23.3. The van der Waals surface area contributed by atoms with Crippen molar-refractivity contribution in [2.75, 3.05) is 0 Å². The molecule has 1 amide bonds.